The summed E-state index contributed by atoms with van der Waals surface area (Å²) in [5.74, 6) is 0.0185. The number of benzene rings is 1. The number of alkyl halides is 3. The fourth-order valence-corrected chi connectivity index (χ4v) is 2.69. The van der Waals surface area contributed by atoms with Gasteiger partial charge in [0.2, 0.25) is 0 Å². The van der Waals surface area contributed by atoms with Crippen LogP contribution in [0.1, 0.15) is 23.2 Å². The molecule has 134 valence electrons. The number of carbonyl (C=O) groups excluding carboxylic acids is 1. The molecule has 24 heavy (non-hydrogen) atoms. The predicted octanol–water partition coefficient (Wildman–Crippen LogP) is 2.89. The van der Waals surface area contributed by atoms with E-state index in [1.165, 1.54) is 32.4 Å². The van der Waals surface area contributed by atoms with E-state index in [-0.39, 0.29) is 5.56 Å². The summed E-state index contributed by atoms with van der Waals surface area (Å²) < 4.78 is 54.2. The van der Waals surface area contributed by atoms with Crippen LogP contribution < -0.4 is 9.47 Å². The van der Waals surface area contributed by atoms with Crippen LogP contribution in [0.3, 0.4) is 0 Å². The zero-order valence-corrected chi connectivity index (χ0v) is 13.6. The minimum absolute atomic E-state index is 0.128. The molecule has 0 spiro atoms. The van der Waals surface area contributed by atoms with Gasteiger partial charge in [0.15, 0.2) is 11.5 Å². The molecule has 1 aliphatic rings. The highest BCUT2D eigenvalue weighted by atomic mass is 19.4. The molecule has 0 atom stereocenters. The lowest BCUT2D eigenvalue weighted by molar-refractivity contribution is -0.147. The molecule has 0 unspecified atom stereocenters. The van der Waals surface area contributed by atoms with Crippen LogP contribution in [-0.4, -0.2) is 57.0 Å². The minimum atomic E-state index is -4.47. The number of methoxy groups -OCH3 is 2. The Morgan fingerprint density at radius 2 is 1.83 bits per heavy atom. The SMILES string of the molecule is COc1ccc(C(=O)N(CC(F)(F)F)C2CCOCC2)cc1OC. The molecule has 0 N–H and O–H groups in total. The molecule has 0 aromatic heterocycles. The highest BCUT2D eigenvalue weighted by molar-refractivity contribution is 5.95. The molecule has 1 saturated heterocycles. The topological polar surface area (TPSA) is 48.0 Å². The van der Waals surface area contributed by atoms with E-state index in [1.54, 1.807) is 0 Å². The second-order valence-electron chi connectivity index (χ2n) is 5.46. The number of hydrogen-bond donors (Lipinski definition) is 0. The van der Waals surface area contributed by atoms with Crippen molar-refractivity contribution in [1.82, 2.24) is 4.90 Å². The molecule has 0 radical (unpaired) electrons. The van der Waals surface area contributed by atoms with Crippen LogP contribution in [0.2, 0.25) is 0 Å². The molecule has 0 aliphatic carbocycles. The summed E-state index contributed by atoms with van der Waals surface area (Å²) in [5, 5.41) is 0. The third kappa shape index (κ3) is 4.53. The summed E-state index contributed by atoms with van der Waals surface area (Å²) in [5.41, 5.74) is 0.128. The summed E-state index contributed by atoms with van der Waals surface area (Å²) in [4.78, 5) is 13.6. The van der Waals surface area contributed by atoms with E-state index in [1.807, 2.05) is 0 Å². The summed E-state index contributed by atoms with van der Waals surface area (Å²) >= 11 is 0. The molecule has 1 aromatic carbocycles. The monoisotopic (exact) mass is 347 g/mol. The lowest BCUT2D eigenvalue weighted by Gasteiger charge is -2.35. The van der Waals surface area contributed by atoms with E-state index in [0.717, 1.165) is 4.90 Å². The van der Waals surface area contributed by atoms with E-state index < -0.39 is 24.7 Å². The molecule has 1 aliphatic heterocycles. The van der Waals surface area contributed by atoms with Gasteiger partial charge >= 0.3 is 6.18 Å². The number of amides is 1. The molecule has 1 aromatic rings. The van der Waals surface area contributed by atoms with Crippen LogP contribution in [0.5, 0.6) is 11.5 Å². The zero-order chi connectivity index (χ0) is 17.7. The first-order valence-corrected chi connectivity index (χ1v) is 7.53. The van der Waals surface area contributed by atoms with E-state index >= 15 is 0 Å². The molecule has 2 rings (SSSR count). The molecule has 1 fully saturated rings. The Balaban J connectivity index is 2.29. The first kappa shape index (κ1) is 18.4. The Kier molecular flexibility index (Phi) is 5.93. The fourth-order valence-electron chi connectivity index (χ4n) is 2.69. The van der Waals surface area contributed by atoms with Crippen LogP contribution in [-0.2, 0) is 4.74 Å². The van der Waals surface area contributed by atoms with Crippen LogP contribution in [0, 0.1) is 0 Å². The van der Waals surface area contributed by atoms with Crippen LogP contribution in [0.25, 0.3) is 0 Å². The van der Waals surface area contributed by atoms with Crippen molar-refractivity contribution in [2.45, 2.75) is 25.1 Å². The van der Waals surface area contributed by atoms with Gasteiger partial charge in [0.25, 0.3) is 5.91 Å². The first-order valence-electron chi connectivity index (χ1n) is 7.53. The number of carbonyl (C=O) groups is 1. The second-order valence-corrected chi connectivity index (χ2v) is 5.46. The van der Waals surface area contributed by atoms with Crippen molar-refractivity contribution in [3.05, 3.63) is 23.8 Å². The van der Waals surface area contributed by atoms with E-state index in [9.17, 15) is 18.0 Å². The van der Waals surface area contributed by atoms with Gasteiger partial charge in [-0.05, 0) is 31.0 Å². The summed E-state index contributed by atoms with van der Waals surface area (Å²) in [6, 6.07) is 3.83. The third-order valence-electron chi connectivity index (χ3n) is 3.87. The van der Waals surface area contributed by atoms with Gasteiger partial charge in [-0.2, -0.15) is 13.2 Å². The molecule has 5 nitrogen and oxygen atoms in total. The van der Waals surface area contributed by atoms with Crippen molar-refractivity contribution in [1.29, 1.82) is 0 Å². The van der Waals surface area contributed by atoms with Gasteiger partial charge in [0.05, 0.1) is 14.2 Å². The average molecular weight is 347 g/mol. The Bertz CT molecular complexity index is 571. The van der Waals surface area contributed by atoms with Gasteiger partial charge in [0, 0.05) is 24.8 Å². The Morgan fingerprint density at radius 1 is 1.21 bits per heavy atom. The minimum Gasteiger partial charge on any atom is -0.493 e. The maximum absolute atomic E-state index is 12.9. The van der Waals surface area contributed by atoms with Crippen molar-refractivity contribution in [2.24, 2.45) is 0 Å². The van der Waals surface area contributed by atoms with Crippen LogP contribution in [0.15, 0.2) is 18.2 Å². The quantitative estimate of drug-likeness (QED) is 0.822. The number of nitrogens with zero attached hydrogens (tertiary/aromatic N) is 1. The standard InChI is InChI=1S/C16H20F3NO4/c1-22-13-4-3-11(9-14(13)23-2)15(21)20(10-16(17,18)19)12-5-7-24-8-6-12/h3-4,9,12H,5-8,10H2,1-2H3. The molecular formula is C16H20F3NO4. The van der Waals surface area contributed by atoms with E-state index in [0.29, 0.717) is 37.6 Å². The van der Waals surface area contributed by atoms with E-state index in [2.05, 4.69) is 0 Å². The lowest BCUT2D eigenvalue weighted by Crippen LogP contribution is -2.47. The molecule has 0 saturated carbocycles. The number of rotatable bonds is 5. The second kappa shape index (κ2) is 7.74. The van der Waals surface area contributed by atoms with Crippen molar-refractivity contribution in [3.63, 3.8) is 0 Å². The van der Waals surface area contributed by atoms with Crippen molar-refractivity contribution >= 4 is 5.91 Å². The molecule has 8 heteroatoms. The summed E-state index contributed by atoms with van der Waals surface area (Å²) in [6.45, 7) is -0.596. The maximum Gasteiger partial charge on any atom is 0.406 e. The molecule has 1 heterocycles. The summed E-state index contributed by atoms with van der Waals surface area (Å²) in [7, 11) is 2.84. The van der Waals surface area contributed by atoms with Gasteiger partial charge in [0.1, 0.15) is 6.54 Å². The van der Waals surface area contributed by atoms with Gasteiger partial charge in [-0.1, -0.05) is 0 Å². The normalized spacial score (nSPS) is 15.9. The smallest absolute Gasteiger partial charge is 0.406 e. The van der Waals surface area contributed by atoms with Crippen LogP contribution >= 0.6 is 0 Å². The average Bonchev–Trinajstić information content (AvgIpc) is 2.58. The number of hydrogen-bond acceptors (Lipinski definition) is 4. The molecule has 1 amide bonds. The Hall–Kier alpha value is -1.96. The largest absolute Gasteiger partial charge is 0.493 e. The predicted molar refractivity (Wildman–Crippen MR) is 80.5 cm³/mol. The maximum atomic E-state index is 12.9. The lowest BCUT2D eigenvalue weighted by atomic mass is 10.0. The fraction of sp³-hybridized carbons (Fsp3) is 0.562. The van der Waals surface area contributed by atoms with Gasteiger partial charge < -0.3 is 19.1 Å². The van der Waals surface area contributed by atoms with Crippen LogP contribution in [0.4, 0.5) is 13.2 Å². The summed E-state index contributed by atoms with van der Waals surface area (Å²) in [6.07, 6.45) is -3.70. The van der Waals surface area contributed by atoms with Crippen molar-refractivity contribution < 1.29 is 32.2 Å². The third-order valence-corrected chi connectivity index (χ3v) is 3.87. The number of halogens is 3. The Morgan fingerprint density at radius 3 is 2.38 bits per heavy atom. The van der Waals surface area contributed by atoms with Gasteiger partial charge in [-0.3, -0.25) is 4.79 Å². The van der Waals surface area contributed by atoms with Gasteiger partial charge in [-0.15, -0.1) is 0 Å². The number of ether oxygens (including phenoxy) is 3. The highest BCUT2D eigenvalue weighted by Gasteiger charge is 2.37. The highest BCUT2D eigenvalue weighted by Crippen LogP contribution is 2.30. The van der Waals surface area contributed by atoms with Gasteiger partial charge in [-0.25, -0.2) is 0 Å². The molecule has 0 bridgehead atoms. The zero-order valence-electron chi connectivity index (χ0n) is 13.6. The Labute approximate surface area is 138 Å². The van der Waals surface area contributed by atoms with E-state index in [4.69, 9.17) is 14.2 Å². The van der Waals surface area contributed by atoms with Crippen molar-refractivity contribution in [3.8, 4) is 11.5 Å². The van der Waals surface area contributed by atoms with Crippen molar-refractivity contribution in [2.75, 3.05) is 34.0 Å². The first-order chi connectivity index (χ1) is 11.4. The molecular weight excluding hydrogens is 327 g/mol.